The molecule has 3 rings (SSSR count). The molecule has 28 heavy (non-hydrogen) atoms. The molecule has 0 saturated carbocycles. The first-order valence-corrected chi connectivity index (χ1v) is 9.65. The maximum Gasteiger partial charge on any atom is 0.127 e. The zero-order valence-corrected chi connectivity index (χ0v) is 18.6. The van der Waals surface area contributed by atoms with Crippen LogP contribution in [0.1, 0.15) is 52.7 Å². The molecule has 0 radical (unpaired) electrons. The molecule has 3 aromatic rings. The smallest absolute Gasteiger partial charge is 0.127 e. The van der Waals surface area contributed by atoms with Gasteiger partial charge in [0.15, 0.2) is 0 Å². The summed E-state index contributed by atoms with van der Waals surface area (Å²) in [6, 6.07) is 19.0. The minimum absolute atomic E-state index is 0. The van der Waals surface area contributed by atoms with Crippen molar-refractivity contribution in [3.05, 3.63) is 65.7 Å². The van der Waals surface area contributed by atoms with Crippen molar-refractivity contribution in [3.63, 3.8) is 0 Å². The summed E-state index contributed by atoms with van der Waals surface area (Å²) in [6.07, 6.45) is 0. The van der Waals surface area contributed by atoms with E-state index in [1.165, 1.54) is 16.3 Å². The number of aromatic hydroxyl groups is 1. The maximum atomic E-state index is 11.1. The van der Waals surface area contributed by atoms with E-state index in [1.807, 2.05) is 0 Å². The quantitative estimate of drug-likeness (QED) is 0.508. The van der Waals surface area contributed by atoms with E-state index >= 15 is 0 Å². The van der Waals surface area contributed by atoms with Gasteiger partial charge in [-0.1, -0.05) is 63.2 Å². The number of fused-ring (bicyclic) bond motifs is 1. The van der Waals surface area contributed by atoms with Crippen molar-refractivity contribution in [2.24, 2.45) is 0 Å². The molecule has 2 nitrogen and oxygen atoms in total. The Morgan fingerprint density at radius 1 is 0.821 bits per heavy atom. The second-order valence-electron chi connectivity index (χ2n) is 9.45. The van der Waals surface area contributed by atoms with Gasteiger partial charge < -0.3 is 10.4 Å². The second-order valence-corrected chi connectivity index (χ2v) is 9.45. The van der Waals surface area contributed by atoms with Crippen LogP contribution < -0.4 is 5.32 Å². The van der Waals surface area contributed by atoms with Crippen LogP contribution in [0.2, 0.25) is 0 Å². The van der Waals surface area contributed by atoms with E-state index in [4.69, 9.17) is 0 Å². The van der Waals surface area contributed by atoms with Gasteiger partial charge in [0.2, 0.25) is 0 Å². The number of phenols is 1. The maximum absolute atomic E-state index is 11.1. The second kappa shape index (κ2) is 8.14. The van der Waals surface area contributed by atoms with Gasteiger partial charge >= 0.3 is 0 Å². The molecule has 0 aliphatic rings. The molecule has 0 aliphatic heterocycles. The number of hydrogen-bond acceptors (Lipinski definition) is 2. The summed E-state index contributed by atoms with van der Waals surface area (Å²) in [4.78, 5) is 0. The third-order valence-corrected chi connectivity index (χ3v) is 4.92. The Balaban J connectivity index is 0.00000280. The molecule has 3 aromatic carbocycles. The van der Waals surface area contributed by atoms with E-state index in [0.717, 1.165) is 16.7 Å². The van der Waals surface area contributed by atoms with Crippen molar-refractivity contribution >= 4 is 23.2 Å². The third-order valence-electron chi connectivity index (χ3n) is 4.92. The van der Waals surface area contributed by atoms with E-state index in [1.54, 1.807) is 0 Å². The molecule has 0 bridgehead atoms. The fraction of sp³-hybridized carbons (Fsp3) is 0.360. The zero-order chi connectivity index (χ0) is 19.8. The van der Waals surface area contributed by atoms with E-state index < -0.39 is 0 Å². The Labute approximate surface area is 175 Å². The molecule has 0 fully saturated rings. The molecule has 0 spiro atoms. The highest BCUT2D eigenvalue weighted by Gasteiger charge is 2.20. The lowest BCUT2D eigenvalue weighted by molar-refractivity contribution is 0.411. The molecule has 3 heteroatoms. The number of hydrogen-bond donors (Lipinski definition) is 2. The number of benzene rings is 3. The lowest BCUT2D eigenvalue weighted by atomic mass is 9.83. The molecule has 2 N–H and O–H groups in total. The van der Waals surface area contributed by atoms with Gasteiger partial charge in [-0.15, -0.1) is 12.4 Å². The highest BCUT2D eigenvalue weighted by Crippen LogP contribution is 2.38. The molecule has 0 heterocycles. The van der Waals surface area contributed by atoms with Crippen molar-refractivity contribution in [1.29, 1.82) is 0 Å². The Morgan fingerprint density at radius 2 is 1.46 bits per heavy atom. The fourth-order valence-corrected chi connectivity index (χ4v) is 3.20. The van der Waals surface area contributed by atoms with Crippen molar-refractivity contribution in [1.82, 2.24) is 5.32 Å². The highest BCUT2D eigenvalue weighted by molar-refractivity contribution is 5.88. The van der Waals surface area contributed by atoms with Crippen LogP contribution in [-0.2, 0) is 12.0 Å². The van der Waals surface area contributed by atoms with Gasteiger partial charge in [-0.2, -0.15) is 0 Å². The van der Waals surface area contributed by atoms with Crippen LogP contribution in [0, 0.1) is 0 Å². The van der Waals surface area contributed by atoms with E-state index in [9.17, 15) is 5.11 Å². The van der Waals surface area contributed by atoms with E-state index in [0.29, 0.717) is 12.3 Å². The highest BCUT2D eigenvalue weighted by atomic mass is 35.5. The van der Waals surface area contributed by atoms with Crippen molar-refractivity contribution < 1.29 is 5.11 Å². The van der Waals surface area contributed by atoms with Crippen LogP contribution in [0.4, 0.5) is 0 Å². The number of phenolic OH excluding ortho intramolecular Hbond substituents is 1. The predicted octanol–water partition coefficient (Wildman–Crippen LogP) is 6.82. The molecule has 150 valence electrons. The topological polar surface area (TPSA) is 32.3 Å². The standard InChI is InChI=1S/C25H31NO.ClH/c1-24(2,3)21-14-20(16-26-25(4,5)6)23(27)22(15-21)19-12-11-17-9-7-8-10-18(17)13-19;/h7-15,26-27H,16H2,1-6H3;1H. The molecule has 0 saturated heterocycles. The van der Waals surface area contributed by atoms with Gasteiger partial charge in [0.05, 0.1) is 0 Å². The summed E-state index contributed by atoms with van der Waals surface area (Å²) in [5, 5.41) is 17.0. The monoisotopic (exact) mass is 397 g/mol. The predicted molar refractivity (Wildman–Crippen MR) is 124 cm³/mol. The average Bonchev–Trinajstić information content (AvgIpc) is 2.58. The summed E-state index contributed by atoms with van der Waals surface area (Å²) in [5.41, 5.74) is 4.13. The summed E-state index contributed by atoms with van der Waals surface area (Å²) in [5.74, 6) is 0.370. The van der Waals surface area contributed by atoms with Crippen molar-refractivity contribution in [2.45, 2.75) is 59.0 Å². The summed E-state index contributed by atoms with van der Waals surface area (Å²) < 4.78 is 0. The molecule has 0 aliphatic carbocycles. The average molecular weight is 398 g/mol. The summed E-state index contributed by atoms with van der Waals surface area (Å²) in [6.45, 7) is 13.7. The SMILES string of the molecule is CC(C)(C)NCc1cc(C(C)(C)C)cc(-c2ccc3ccccc3c2)c1O.Cl. The van der Waals surface area contributed by atoms with Gasteiger partial charge in [-0.05, 0) is 60.2 Å². The Bertz CT molecular complexity index is 964. The van der Waals surface area contributed by atoms with Crippen LogP contribution in [0.3, 0.4) is 0 Å². The largest absolute Gasteiger partial charge is 0.507 e. The number of nitrogens with one attached hydrogen (secondary N) is 1. The van der Waals surface area contributed by atoms with Gasteiger partial charge in [0.1, 0.15) is 5.75 Å². The zero-order valence-electron chi connectivity index (χ0n) is 17.8. The Hall–Kier alpha value is -2.03. The lowest BCUT2D eigenvalue weighted by Gasteiger charge is -2.25. The van der Waals surface area contributed by atoms with Crippen LogP contribution in [0.25, 0.3) is 21.9 Å². The fourth-order valence-electron chi connectivity index (χ4n) is 3.20. The number of halogens is 1. The lowest BCUT2D eigenvalue weighted by Crippen LogP contribution is -2.35. The minimum atomic E-state index is -0.00666. The molecule has 0 aromatic heterocycles. The molecule has 0 atom stereocenters. The minimum Gasteiger partial charge on any atom is -0.507 e. The Kier molecular flexibility index (Phi) is 6.48. The first-order valence-electron chi connectivity index (χ1n) is 9.65. The number of rotatable bonds is 3. The summed E-state index contributed by atoms with van der Waals surface area (Å²) >= 11 is 0. The van der Waals surface area contributed by atoms with Crippen molar-refractivity contribution in [3.8, 4) is 16.9 Å². The molecule has 0 unspecified atom stereocenters. The third kappa shape index (κ3) is 5.06. The molecular formula is C25H32ClNO. The Morgan fingerprint density at radius 3 is 2.07 bits per heavy atom. The van der Waals surface area contributed by atoms with Crippen LogP contribution in [0.5, 0.6) is 5.75 Å². The summed E-state index contributed by atoms with van der Waals surface area (Å²) in [7, 11) is 0. The van der Waals surface area contributed by atoms with Gasteiger partial charge in [-0.3, -0.25) is 0 Å². The first kappa shape index (κ1) is 22.3. The van der Waals surface area contributed by atoms with Gasteiger partial charge in [-0.25, -0.2) is 0 Å². The van der Waals surface area contributed by atoms with Gasteiger partial charge in [0, 0.05) is 23.2 Å². The molecule has 0 amide bonds. The van der Waals surface area contributed by atoms with Crippen molar-refractivity contribution in [2.75, 3.05) is 0 Å². The normalized spacial score (nSPS) is 12.1. The van der Waals surface area contributed by atoms with E-state index in [-0.39, 0.29) is 23.4 Å². The van der Waals surface area contributed by atoms with Gasteiger partial charge in [0.25, 0.3) is 0 Å². The van der Waals surface area contributed by atoms with E-state index in [2.05, 4.69) is 101 Å². The first-order chi connectivity index (χ1) is 12.5. The van der Waals surface area contributed by atoms with Crippen LogP contribution in [0.15, 0.2) is 54.6 Å². The van der Waals surface area contributed by atoms with Crippen LogP contribution in [-0.4, -0.2) is 10.6 Å². The van der Waals surface area contributed by atoms with Crippen LogP contribution >= 0.6 is 12.4 Å². The molecular weight excluding hydrogens is 366 g/mol.